The highest BCUT2D eigenvalue weighted by atomic mass is 35.5. The summed E-state index contributed by atoms with van der Waals surface area (Å²) < 4.78 is 5.30. The Balaban J connectivity index is 2.30. The molecule has 0 aliphatic heterocycles. The lowest BCUT2D eigenvalue weighted by atomic mass is 9.95. The second-order valence-corrected chi connectivity index (χ2v) is 6.80. The van der Waals surface area contributed by atoms with Gasteiger partial charge in [-0.1, -0.05) is 20.8 Å². The summed E-state index contributed by atoms with van der Waals surface area (Å²) in [6, 6.07) is 6.24. The lowest BCUT2D eigenvalue weighted by Crippen LogP contribution is -2.07. The summed E-state index contributed by atoms with van der Waals surface area (Å²) in [5.41, 5.74) is 1.25. The van der Waals surface area contributed by atoms with Crippen LogP contribution < -0.4 is 0 Å². The Labute approximate surface area is 111 Å². The van der Waals surface area contributed by atoms with Gasteiger partial charge in [-0.05, 0) is 30.5 Å². The van der Waals surface area contributed by atoms with Crippen molar-refractivity contribution in [3.8, 4) is 0 Å². The second kappa shape index (κ2) is 4.51. The molecule has 0 aromatic carbocycles. The van der Waals surface area contributed by atoms with Gasteiger partial charge >= 0.3 is 0 Å². The fourth-order valence-corrected chi connectivity index (χ4v) is 3.20. The molecule has 1 atom stereocenters. The van der Waals surface area contributed by atoms with Crippen LogP contribution in [0.15, 0.2) is 28.9 Å². The van der Waals surface area contributed by atoms with E-state index in [4.69, 9.17) is 16.0 Å². The first kappa shape index (κ1) is 12.7. The molecule has 2 aromatic heterocycles. The molecule has 0 saturated carbocycles. The topological polar surface area (TPSA) is 13.1 Å². The van der Waals surface area contributed by atoms with E-state index in [1.807, 2.05) is 13.0 Å². The van der Waals surface area contributed by atoms with Gasteiger partial charge in [0.2, 0.25) is 0 Å². The molecule has 17 heavy (non-hydrogen) atoms. The number of hydrogen-bond donors (Lipinski definition) is 0. The molecule has 0 aliphatic rings. The van der Waals surface area contributed by atoms with E-state index in [1.54, 1.807) is 17.6 Å². The SMILES string of the molecule is Cc1occc1C(Cl)c1ccc(C(C)(C)C)s1. The number of halogens is 1. The summed E-state index contributed by atoms with van der Waals surface area (Å²) in [6.45, 7) is 8.60. The molecule has 2 heterocycles. The van der Waals surface area contributed by atoms with E-state index in [2.05, 4.69) is 32.9 Å². The highest BCUT2D eigenvalue weighted by Crippen LogP contribution is 2.38. The molecule has 1 unspecified atom stereocenters. The monoisotopic (exact) mass is 268 g/mol. The molecule has 0 bridgehead atoms. The first-order valence-corrected chi connectivity index (χ1v) is 6.93. The molecule has 0 amide bonds. The molecule has 0 spiro atoms. The van der Waals surface area contributed by atoms with Crippen LogP contribution in [0.3, 0.4) is 0 Å². The van der Waals surface area contributed by atoms with Gasteiger partial charge in [0.25, 0.3) is 0 Å². The zero-order valence-corrected chi connectivity index (χ0v) is 12.2. The van der Waals surface area contributed by atoms with Crippen LogP contribution in [0.4, 0.5) is 0 Å². The number of alkyl halides is 1. The molecule has 2 rings (SSSR count). The van der Waals surface area contributed by atoms with Crippen LogP contribution in [-0.2, 0) is 5.41 Å². The van der Waals surface area contributed by atoms with Crippen LogP contribution in [-0.4, -0.2) is 0 Å². The third-order valence-corrected chi connectivity index (χ3v) is 4.96. The van der Waals surface area contributed by atoms with Crippen LogP contribution in [0.25, 0.3) is 0 Å². The van der Waals surface area contributed by atoms with Crippen LogP contribution >= 0.6 is 22.9 Å². The van der Waals surface area contributed by atoms with Crippen molar-refractivity contribution in [3.63, 3.8) is 0 Å². The van der Waals surface area contributed by atoms with Crippen molar-refractivity contribution < 1.29 is 4.42 Å². The van der Waals surface area contributed by atoms with Crippen molar-refractivity contribution in [2.45, 2.75) is 38.5 Å². The normalized spacial score (nSPS) is 13.9. The molecular formula is C14H17ClOS. The van der Waals surface area contributed by atoms with E-state index < -0.39 is 0 Å². The van der Waals surface area contributed by atoms with E-state index in [9.17, 15) is 0 Å². The van der Waals surface area contributed by atoms with Gasteiger partial charge in [-0.25, -0.2) is 0 Å². The van der Waals surface area contributed by atoms with Gasteiger partial charge in [0, 0.05) is 15.3 Å². The lowest BCUT2D eigenvalue weighted by molar-refractivity contribution is 0.530. The minimum atomic E-state index is -0.102. The third kappa shape index (κ3) is 2.58. The van der Waals surface area contributed by atoms with Crippen molar-refractivity contribution in [3.05, 3.63) is 45.5 Å². The summed E-state index contributed by atoms with van der Waals surface area (Å²) >= 11 is 8.27. The number of hydrogen-bond acceptors (Lipinski definition) is 2. The van der Waals surface area contributed by atoms with Gasteiger partial charge in [0.15, 0.2) is 0 Å². The van der Waals surface area contributed by atoms with E-state index in [0.717, 1.165) is 11.3 Å². The standard InChI is InChI=1S/C14H17ClOS/c1-9-10(7-8-16-9)13(15)11-5-6-12(17-11)14(2,3)4/h5-8,13H,1-4H3. The quantitative estimate of drug-likeness (QED) is 0.676. The average molecular weight is 269 g/mol. The molecule has 0 fully saturated rings. The number of aryl methyl sites for hydroxylation is 1. The Hall–Kier alpha value is -0.730. The number of rotatable bonds is 2. The van der Waals surface area contributed by atoms with Crippen LogP contribution in [0.2, 0.25) is 0 Å². The minimum absolute atomic E-state index is 0.102. The fraction of sp³-hybridized carbons (Fsp3) is 0.429. The predicted octanol–water partition coefficient (Wildman–Crippen LogP) is 5.28. The van der Waals surface area contributed by atoms with Crippen LogP contribution in [0.5, 0.6) is 0 Å². The Morgan fingerprint density at radius 2 is 1.94 bits per heavy atom. The maximum atomic E-state index is 6.49. The molecule has 0 aliphatic carbocycles. The first-order chi connectivity index (χ1) is 7.89. The summed E-state index contributed by atoms with van der Waals surface area (Å²) in [6.07, 6.45) is 1.69. The lowest BCUT2D eigenvalue weighted by Gasteiger charge is -2.15. The molecule has 3 heteroatoms. The van der Waals surface area contributed by atoms with Crippen molar-refractivity contribution in [2.75, 3.05) is 0 Å². The largest absolute Gasteiger partial charge is 0.469 e. The van der Waals surface area contributed by atoms with E-state index in [0.29, 0.717) is 0 Å². The highest BCUT2D eigenvalue weighted by molar-refractivity contribution is 7.12. The Morgan fingerprint density at radius 1 is 1.24 bits per heavy atom. The Morgan fingerprint density at radius 3 is 2.41 bits per heavy atom. The fourth-order valence-electron chi connectivity index (χ4n) is 1.70. The van der Waals surface area contributed by atoms with Gasteiger partial charge in [0.05, 0.1) is 11.6 Å². The zero-order chi connectivity index (χ0) is 12.6. The summed E-state index contributed by atoms with van der Waals surface area (Å²) in [7, 11) is 0. The van der Waals surface area contributed by atoms with Gasteiger partial charge in [0.1, 0.15) is 5.76 Å². The molecule has 2 aromatic rings. The maximum Gasteiger partial charge on any atom is 0.105 e. The van der Waals surface area contributed by atoms with Gasteiger partial charge in [-0.15, -0.1) is 22.9 Å². The molecular weight excluding hydrogens is 252 g/mol. The minimum Gasteiger partial charge on any atom is -0.469 e. The molecule has 0 N–H and O–H groups in total. The maximum absolute atomic E-state index is 6.49. The Bertz CT molecular complexity index is 504. The summed E-state index contributed by atoms with van der Waals surface area (Å²) in [4.78, 5) is 2.54. The highest BCUT2D eigenvalue weighted by Gasteiger charge is 2.21. The summed E-state index contributed by atoms with van der Waals surface area (Å²) in [5.74, 6) is 0.899. The molecule has 1 nitrogen and oxygen atoms in total. The number of thiophene rings is 1. The van der Waals surface area contributed by atoms with E-state index in [-0.39, 0.29) is 10.8 Å². The smallest absolute Gasteiger partial charge is 0.105 e. The summed E-state index contributed by atoms with van der Waals surface area (Å²) in [5, 5.41) is -0.102. The molecule has 0 saturated heterocycles. The predicted molar refractivity (Wildman–Crippen MR) is 74.2 cm³/mol. The van der Waals surface area contributed by atoms with Crippen molar-refractivity contribution in [1.29, 1.82) is 0 Å². The third-order valence-electron chi connectivity index (χ3n) is 2.79. The van der Waals surface area contributed by atoms with E-state index >= 15 is 0 Å². The van der Waals surface area contributed by atoms with Crippen LogP contribution in [0, 0.1) is 6.92 Å². The van der Waals surface area contributed by atoms with Gasteiger partial charge in [-0.2, -0.15) is 0 Å². The van der Waals surface area contributed by atoms with Crippen molar-refractivity contribution >= 4 is 22.9 Å². The van der Waals surface area contributed by atoms with Gasteiger partial charge in [-0.3, -0.25) is 0 Å². The first-order valence-electron chi connectivity index (χ1n) is 5.68. The molecule has 92 valence electrons. The number of furan rings is 1. The van der Waals surface area contributed by atoms with Crippen molar-refractivity contribution in [1.82, 2.24) is 0 Å². The van der Waals surface area contributed by atoms with E-state index in [1.165, 1.54) is 9.75 Å². The molecule has 0 radical (unpaired) electrons. The van der Waals surface area contributed by atoms with Crippen molar-refractivity contribution in [2.24, 2.45) is 0 Å². The zero-order valence-electron chi connectivity index (χ0n) is 10.6. The average Bonchev–Trinajstić information content (AvgIpc) is 2.83. The van der Waals surface area contributed by atoms with Gasteiger partial charge < -0.3 is 4.42 Å². The van der Waals surface area contributed by atoms with Crippen LogP contribution in [0.1, 0.15) is 47.2 Å². The Kier molecular flexibility index (Phi) is 3.37. The second-order valence-electron chi connectivity index (χ2n) is 5.25.